The lowest BCUT2D eigenvalue weighted by molar-refractivity contribution is 0.977. The molecule has 3 rings (SSSR count). The summed E-state index contributed by atoms with van der Waals surface area (Å²) in [6.45, 7) is 2.22. The fourth-order valence-corrected chi connectivity index (χ4v) is 2.57. The highest BCUT2D eigenvalue weighted by Gasteiger charge is 2.22. The quantitative estimate of drug-likeness (QED) is 0.654. The van der Waals surface area contributed by atoms with Crippen molar-refractivity contribution in [3.8, 4) is 0 Å². The molecule has 0 aromatic heterocycles. The maximum atomic E-state index is 2.30. The topological polar surface area (TPSA) is 0 Å². The maximum absolute atomic E-state index is 2.30. The van der Waals surface area contributed by atoms with Gasteiger partial charge in [0.1, 0.15) is 0 Å². The first-order valence-electron chi connectivity index (χ1n) is 5.68. The Balaban J connectivity index is 2.14. The minimum absolute atomic E-state index is 0.456. The molecule has 0 saturated carbocycles. The van der Waals surface area contributed by atoms with Gasteiger partial charge in [-0.05, 0) is 23.6 Å². The van der Waals surface area contributed by atoms with Gasteiger partial charge in [0.2, 0.25) is 0 Å². The summed E-state index contributed by atoms with van der Waals surface area (Å²) in [5.74, 6) is 0.456. The highest BCUT2D eigenvalue weighted by molar-refractivity contribution is 5.68. The molecule has 16 heavy (non-hydrogen) atoms. The molecule has 0 saturated heterocycles. The number of fused-ring (bicyclic) bond motifs is 1. The van der Waals surface area contributed by atoms with Crippen LogP contribution in [0, 0.1) is 0 Å². The van der Waals surface area contributed by atoms with Crippen molar-refractivity contribution in [3.05, 3.63) is 76.9 Å². The highest BCUT2D eigenvalue weighted by atomic mass is 14.3. The molecule has 1 aliphatic carbocycles. The van der Waals surface area contributed by atoms with Crippen molar-refractivity contribution in [2.45, 2.75) is 12.8 Å². The average molecular weight is 206 g/mol. The molecule has 0 radical (unpaired) electrons. The first kappa shape index (κ1) is 9.41. The third kappa shape index (κ3) is 1.38. The first-order chi connectivity index (χ1) is 7.86. The smallest absolute Gasteiger partial charge is 0.0305 e. The van der Waals surface area contributed by atoms with Gasteiger partial charge in [-0.25, -0.2) is 0 Å². The zero-order valence-electron chi connectivity index (χ0n) is 9.35. The van der Waals surface area contributed by atoms with E-state index in [1.807, 2.05) is 0 Å². The van der Waals surface area contributed by atoms with Crippen LogP contribution in [-0.4, -0.2) is 0 Å². The minimum Gasteiger partial charge on any atom is -0.0622 e. The van der Waals surface area contributed by atoms with Crippen LogP contribution in [0.15, 0.2) is 60.2 Å². The normalized spacial score (nSPS) is 18.1. The van der Waals surface area contributed by atoms with Crippen LogP contribution in [0.3, 0.4) is 0 Å². The number of hydrogen-bond donors (Lipinski definition) is 0. The fourth-order valence-electron chi connectivity index (χ4n) is 2.57. The monoisotopic (exact) mass is 206 g/mol. The molecule has 1 unspecified atom stereocenters. The summed E-state index contributed by atoms with van der Waals surface area (Å²) >= 11 is 0. The van der Waals surface area contributed by atoms with Gasteiger partial charge in [-0.1, -0.05) is 66.2 Å². The fraction of sp³-hybridized carbons (Fsp3) is 0.125. The SMILES string of the molecule is CC1=Cc2ccccc2C1c1ccccc1. The van der Waals surface area contributed by atoms with E-state index in [-0.39, 0.29) is 0 Å². The van der Waals surface area contributed by atoms with Crippen molar-refractivity contribution in [2.24, 2.45) is 0 Å². The molecule has 2 aromatic rings. The van der Waals surface area contributed by atoms with Gasteiger partial charge in [0.15, 0.2) is 0 Å². The summed E-state index contributed by atoms with van der Waals surface area (Å²) in [5.41, 5.74) is 5.63. The van der Waals surface area contributed by atoms with Gasteiger partial charge in [-0.15, -0.1) is 0 Å². The molecule has 0 spiro atoms. The second-order valence-electron chi connectivity index (χ2n) is 4.36. The molecule has 1 aliphatic rings. The summed E-state index contributed by atoms with van der Waals surface area (Å²) in [6, 6.07) is 19.4. The zero-order valence-corrected chi connectivity index (χ0v) is 9.35. The lowest BCUT2D eigenvalue weighted by atomic mass is 9.89. The second-order valence-corrected chi connectivity index (χ2v) is 4.36. The van der Waals surface area contributed by atoms with Crippen LogP contribution in [0.5, 0.6) is 0 Å². The standard InChI is InChI=1S/C16H14/c1-12-11-14-9-5-6-10-15(14)16(12)13-7-3-2-4-8-13/h2-11,16H,1H3. The van der Waals surface area contributed by atoms with E-state index in [0.717, 1.165) is 0 Å². The van der Waals surface area contributed by atoms with Crippen molar-refractivity contribution >= 4 is 6.08 Å². The van der Waals surface area contributed by atoms with E-state index < -0.39 is 0 Å². The highest BCUT2D eigenvalue weighted by Crippen LogP contribution is 2.40. The van der Waals surface area contributed by atoms with E-state index in [1.165, 1.54) is 22.3 Å². The Bertz CT molecular complexity index is 535. The lowest BCUT2D eigenvalue weighted by Crippen LogP contribution is -1.98. The minimum atomic E-state index is 0.456. The zero-order chi connectivity index (χ0) is 11.0. The maximum Gasteiger partial charge on any atom is 0.0305 e. The van der Waals surface area contributed by atoms with Crippen molar-refractivity contribution < 1.29 is 0 Å². The molecule has 0 fully saturated rings. The van der Waals surface area contributed by atoms with Crippen LogP contribution in [0.4, 0.5) is 0 Å². The van der Waals surface area contributed by atoms with Crippen molar-refractivity contribution in [3.63, 3.8) is 0 Å². The Kier molecular flexibility index (Phi) is 2.14. The molecule has 1 atom stereocenters. The first-order valence-corrected chi connectivity index (χ1v) is 5.68. The molecule has 2 aromatic carbocycles. The van der Waals surface area contributed by atoms with Gasteiger partial charge < -0.3 is 0 Å². The van der Waals surface area contributed by atoms with Crippen LogP contribution in [0.2, 0.25) is 0 Å². The Labute approximate surface area is 96.3 Å². The predicted molar refractivity (Wildman–Crippen MR) is 68.4 cm³/mol. The lowest BCUT2D eigenvalue weighted by Gasteiger charge is -2.14. The molecule has 0 heterocycles. The molecular weight excluding hydrogens is 192 g/mol. The summed E-state index contributed by atoms with van der Waals surface area (Å²) in [4.78, 5) is 0. The Hall–Kier alpha value is -1.82. The molecule has 0 nitrogen and oxygen atoms in total. The van der Waals surface area contributed by atoms with Crippen molar-refractivity contribution in [1.82, 2.24) is 0 Å². The van der Waals surface area contributed by atoms with E-state index in [4.69, 9.17) is 0 Å². The summed E-state index contributed by atoms with van der Waals surface area (Å²) in [7, 11) is 0. The summed E-state index contributed by atoms with van der Waals surface area (Å²) < 4.78 is 0. The predicted octanol–water partition coefficient (Wildman–Crippen LogP) is 4.24. The second kappa shape index (κ2) is 3.64. The molecule has 78 valence electrons. The molecule has 0 aliphatic heterocycles. The molecular formula is C16H14. The van der Waals surface area contributed by atoms with Crippen LogP contribution in [0.25, 0.3) is 6.08 Å². The number of allylic oxidation sites excluding steroid dienone is 1. The largest absolute Gasteiger partial charge is 0.0622 e. The van der Waals surface area contributed by atoms with Crippen LogP contribution >= 0.6 is 0 Å². The molecule has 0 amide bonds. The third-order valence-corrected chi connectivity index (χ3v) is 3.28. The van der Waals surface area contributed by atoms with Crippen molar-refractivity contribution in [2.75, 3.05) is 0 Å². The van der Waals surface area contributed by atoms with Gasteiger partial charge in [0.25, 0.3) is 0 Å². The van der Waals surface area contributed by atoms with E-state index in [2.05, 4.69) is 67.6 Å². The van der Waals surface area contributed by atoms with E-state index in [9.17, 15) is 0 Å². The van der Waals surface area contributed by atoms with Crippen LogP contribution in [0.1, 0.15) is 29.5 Å². The van der Waals surface area contributed by atoms with Crippen molar-refractivity contribution in [1.29, 1.82) is 0 Å². The van der Waals surface area contributed by atoms with Gasteiger partial charge in [0.05, 0.1) is 0 Å². The van der Waals surface area contributed by atoms with Crippen LogP contribution < -0.4 is 0 Å². The Morgan fingerprint density at radius 1 is 0.812 bits per heavy atom. The van der Waals surface area contributed by atoms with Gasteiger partial charge in [-0.2, -0.15) is 0 Å². The van der Waals surface area contributed by atoms with E-state index in [0.29, 0.717) is 5.92 Å². The molecule has 0 heteroatoms. The summed E-state index contributed by atoms with van der Waals surface area (Å²) in [5, 5.41) is 0. The number of rotatable bonds is 1. The number of hydrogen-bond acceptors (Lipinski definition) is 0. The average Bonchev–Trinajstić information content (AvgIpc) is 2.66. The van der Waals surface area contributed by atoms with Crippen LogP contribution in [-0.2, 0) is 0 Å². The summed E-state index contributed by atoms with van der Waals surface area (Å²) in [6.07, 6.45) is 2.30. The number of benzene rings is 2. The van der Waals surface area contributed by atoms with E-state index in [1.54, 1.807) is 0 Å². The Morgan fingerprint density at radius 3 is 2.31 bits per heavy atom. The van der Waals surface area contributed by atoms with E-state index >= 15 is 0 Å². The third-order valence-electron chi connectivity index (χ3n) is 3.28. The Morgan fingerprint density at radius 2 is 1.50 bits per heavy atom. The van der Waals surface area contributed by atoms with Gasteiger partial charge >= 0.3 is 0 Å². The molecule has 0 bridgehead atoms. The van der Waals surface area contributed by atoms with Gasteiger partial charge in [-0.3, -0.25) is 0 Å². The van der Waals surface area contributed by atoms with Gasteiger partial charge in [0, 0.05) is 5.92 Å². The molecule has 0 N–H and O–H groups in total.